The maximum absolute atomic E-state index is 5.70. The Labute approximate surface area is 116 Å². The van der Waals surface area contributed by atoms with E-state index in [1.807, 2.05) is 0 Å². The summed E-state index contributed by atoms with van der Waals surface area (Å²) in [5, 5.41) is 0. The van der Waals surface area contributed by atoms with Crippen molar-refractivity contribution in [1.82, 2.24) is 0 Å². The van der Waals surface area contributed by atoms with Crippen LogP contribution in [-0.4, -0.2) is 40.0 Å². The van der Waals surface area contributed by atoms with Crippen molar-refractivity contribution in [1.29, 1.82) is 0 Å². The van der Waals surface area contributed by atoms with E-state index in [4.69, 9.17) is 18.9 Å². The average Bonchev–Trinajstić information content (AvgIpc) is 2.40. The second kappa shape index (κ2) is 7.39. The van der Waals surface area contributed by atoms with E-state index in [0.717, 1.165) is 13.2 Å². The molecule has 2 saturated heterocycles. The molecular formula is C12H22HgO4. The van der Waals surface area contributed by atoms with Gasteiger partial charge in [-0.15, -0.1) is 0 Å². The fraction of sp³-hybridized carbons (Fsp3) is 1.00. The molecule has 0 aromatic heterocycles. The molecule has 2 aliphatic heterocycles. The quantitative estimate of drug-likeness (QED) is 0.641. The van der Waals surface area contributed by atoms with Crippen LogP contribution in [-0.2, 0) is 43.5 Å². The van der Waals surface area contributed by atoms with E-state index < -0.39 is 24.6 Å². The van der Waals surface area contributed by atoms with Crippen LogP contribution in [0, 0.1) is 0 Å². The van der Waals surface area contributed by atoms with Crippen LogP contribution in [0.2, 0.25) is 6.85 Å². The van der Waals surface area contributed by atoms with E-state index in [0.29, 0.717) is 6.85 Å². The molecule has 2 rings (SSSR count). The summed E-state index contributed by atoms with van der Waals surface area (Å²) in [6.45, 7) is 1.72. The molecule has 0 N–H and O–H groups in total. The van der Waals surface area contributed by atoms with Gasteiger partial charge in [0, 0.05) is 0 Å². The third-order valence-electron chi connectivity index (χ3n) is 3.84. The van der Waals surface area contributed by atoms with Gasteiger partial charge in [0.25, 0.3) is 0 Å². The molecule has 2 aliphatic rings. The molecule has 4 unspecified atom stereocenters. The van der Waals surface area contributed by atoms with Gasteiger partial charge in [-0.2, -0.15) is 0 Å². The summed E-state index contributed by atoms with van der Waals surface area (Å²) in [5.74, 6) is 0. The molecule has 0 bridgehead atoms. The molecule has 0 aliphatic carbocycles. The van der Waals surface area contributed by atoms with Crippen LogP contribution < -0.4 is 0 Å². The van der Waals surface area contributed by atoms with Crippen molar-refractivity contribution < 1.29 is 43.5 Å². The molecule has 0 amide bonds. The zero-order chi connectivity index (χ0) is 12.1. The molecule has 4 nitrogen and oxygen atoms in total. The minimum absolute atomic E-state index is 0.0600. The predicted octanol–water partition coefficient (Wildman–Crippen LogP) is 2.21. The first-order valence-electron chi connectivity index (χ1n) is 6.64. The van der Waals surface area contributed by atoms with E-state index in [1.54, 1.807) is 14.2 Å². The van der Waals surface area contributed by atoms with Crippen molar-refractivity contribution in [2.24, 2.45) is 0 Å². The monoisotopic (exact) mass is 432 g/mol. The van der Waals surface area contributed by atoms with Gasteiger partial charge in [-0.3, -0.25) is 0 Å². The van der Waals surface area contributed by atoms with Crippen molar-refractivity contribution in [3.63, 3.8) is 0 Å². The molecule has 0 aromatic carbocycles. The summed E-state index contributed by atoms with van der Waals surface area (Å²) in [4.78, 5) is 0. The maximum atomic E-state index is 5.70. The molecule has 0 aromatic rings. The van der Waals surface area contributed by atoms with Gasteiger partial charge >= 0.3 is 116 Å². The zero-order valence-corrected chi connectivity index (χ0v) is 16.4. The van der Waals surface area contributed by atoms with Gasteiger partial charge in [0.05, 0.1) is 0 Å². The van der Waals surface area contributed by atoms with Crippen LogP contribution in [0.25, 0.3) is 0 Å². The topological polar surface area (TPSA) is 36.9 Å². The normalized spacial score (nSPS) is 38.7. The number of methoxy groups -OCH3 is 2. The molecule has 0 radical (unpaired) electrons. The molecule has 17 heavy (non-hydrogen) atoms. The van der Waals surface area contributed by atoms with Gasteiger partial charge in [-0.05, 0) is 0 Å². The molecule has 4 atom stereocenters. The third kappa shape index (κ3) is 3.87. The first-order chi connectivity index (χ1) is 8.35. The summed E-state index contributed by atoms with van der Waals surface area (Å²) >= 11 is -1.12. The van der Waals surface area contributed by atoms with E-state index in [2.05, 4.69) is 0 Å². The second-order valence-electron chi connectivity index (χ2n) is 4.99. The summed E-state index contributed by atoms with van der Waals surface area (Å²) < 4.78 is 23.7. The number of rotatable bonds is 4. The molecular weight excluding hydrogens is 409 g/mol. The van der Waals surface area contributed by atoms with Crippen LogP contribution in [0.4, 0.5) is 0 Å². The summed E-state index contributed by atoms with van der Waals surface area (Å²) in [7, 11) is 3.53. The number of hydrogen-bond donors (Lipinski definition) is 0. The van der Waals surface area contributed by atoms with Gasteiger partial charge in [0.1, 0.15) is 0 Å². The van der Waals surface area contributed by atoms with E-state index in [9.17, 15) is 0 Å². The molecule has 0 saturated carbocycles. The number of hydrogen-bond acceptors (Lipinski definition) is 4. The van der Waals surface area contributed by atoms with Crippen molar-refractivity contribution in [2.45, 2.75) is 45.1 Å². The molecule has 2 fully saturated rings. The van der Waals surface area contributed by atoms with Crippen molar-refractivity contribution in [2.75, 3.05) is 27.4 Å². The SMILES string of the molecule is COC1OCCC[CH]1[Hg][CH]1CCCOC1OC. The first kappa shape index (κ1) is 14.2. The van der Waals surface area contributed by atoms with Gasteiger partial charge < -0.3 is 0 Å². The molecule has 2 heterocycles. The Bertz CT molecular complexity index is 205. The second-order valence-corrected chi connectivity index (χ2v) is 15.0. The van der Waals surface area contributed by atoms with Gasteiger partial charge in [-0.25, -0.2) is 0 Å². The molecule has 96 valence electrons. The Kier molecular flexibility index (Phi) is 6.16. The standard InChI is InChI=1S/2C6H11O2.Hg/c2*1-7-6-4-2-3-5-8-6;/h2*4,6H,2-3,5H2,1H3;. The van der Waals surface area contributed by atoms with Crippen LogP contribution in [0.3, 0.4) is 0 Å². The van der Waals surface area contributed by atoms with Gasteiger partial charge in [0.2, 0.25) is 0 Å². The van der Waals surface area contributed by atoms with Crippen LogP contribution in [0.1, 0.15) is 25.7 Å². The minimum atomic E-state index is -1.12. The Morgan fingerprint density at radius 3 is 1.76 bits per heavy atom. The fourth-order valence-corrected chi connectivity index (χ4v) is 14.4. The van der Waals surface area contributed by atoms with Crippen molar-refractivity contribution in [3.8, 4) is 0 Å². The third-order valence-corrected chi connectivity index (χ3v) is 14.7. The fourth-order valence-electron chi connectivity index (χ4n) is 3.00. The summed E-state index contributed by atoms with van der Waals surface area (Å²) in [6, 6.07) is 0. The first-order valence-corrected chi connectivity index (χ1v) is 13.0. The summed E-state index contributed by atoms with van der Waals surface area (Å²) in [6.07, 6.45) is 5.07. The Balaban J connectivity index is 1.88. The van der Waals surface area contributed by atoms with Crippen LogP contribution in [0.15, 0.2) is 0 Å². The van der Waals surface area contributed by atoms with Gasteiger partial charge in [0.15, 0.2) is 0 Å². The van der Waals surface area contributed by atoms with Crippen molar-refractivity contribution in [3.05, 3.63) is 0 Å². The Morgan fingerprint density at radius 2 is 1.35 bits per heavy atom. The Hall–Kier alpha value is 0.775. The molecule has 0 spiro atoms. The average molecular weight is 431 g/mol. The summed E-state index contributed by atoms with van der Waals surface area (Å²) in [5.41, 5.74) is 0. The van der Waals surface area contributed by atoms with Crippen molar-refractivity contribution >= 4 is 0 Å². The van der Waals surface area contributed by atoms with E-state index in [1.165, 1.54) is 25.7 Å². The van der Waals surface area contributed by atoms with Crippen LogP contribution >= 0.6 is 0 Å². The van der Waals surface area contributed by atoms with Gasteiger partial charge in [-0.1, -0.05) is 0 Å². The zero-order valence-electron chi connectivity index (χ0n) is 10.9. The Morgan fingerprint density at radius 1 is 0.882 bits per heavy atom. The molecule has 5 heteroatoms. The van der Waals surface area contributed by atoms with E-state index >= 15 is 0 Å². The predicted molar refractivity (Wildman–Crippen MR) is 59.5 cm³/mol. The van der Waals surface area contributed by atoms with Crippen LogP contribution in [0.5, 0.6) is 0 Å². The van der Waals surface area contributed by atoms with E-state index in [-0.39, 0.29) is 12.6 Å². The number of ether oxygens (including phenoxy) is 4.